The van der Waals surface area contributed by atoms with Gasteiger partial charge in [0, 0.05) is 22.1 Å². The first kappa shape index (κ1) is 31.5. The van der Waals surface area contributed by atoms with Gasteiger partial charge in [-0.25, -0.2) is 8.42 Å². The highest BCUT2D eigenvalue weighted by Gasteiger charge is 2.34. The Morgan fingerprint density at radius 3 is 2.02 bits per heavy atom. The summed E-state index contributed by atoms with van der Waals surface area (Å²) in [5.41, 5.74) is 1.47. The van der Waals surface area contributed by atoms with Crippen LogP contribution in [-0.2, 0) is 26.2 Å². The fraction of sp³-hybridized carbons (Fsp3) is 0.333. The largest absolute Gasteiger partial charge is 0.350 e. The molecule has 0 saturated heterocycles. The lowest BCUT2D eigenvalue weighted by atomic mass is 10.1. The van der Waals surface area contributed by atoms with Crippen molar-refractivity contribution in [3.63, 3.8) is 0 Å². The van der Waals surface area contributed by atoms with E-state index in [9.17, 15) is 18.0 Å². The second kappa shape index (κ2) is 13.1. The fourth-order valence-electron chi connectivity index (χ4n) is 4.19. The molecule has 0 aliphatic rings. The highest BCUT2D eigenvalue weighted by molar-refractivity contribution is 7.92. The Balaban J connectivity index is 2.09. The number of carbonyl (C=O) groups excluding carboxylic acids is 2. The molecular weight excluding hydrogens is 569 g/mol. The van der Waals surface area contributed by atoms with Gasteiger partial charge in [-0.05, 0) is 70.0 Å². The Bertz CT molecular complexity index is 1420. The van der Waals surface area contributed by atoms with Crippen molar-refractivity contribution in [1.82, 2.24) is 10.2 Å². The number of rotatable bonds is 10. The molecule has 0 saturated carbocycles. The highest BCUT2D eigenvalue weighted by atomic mass is 35.5. The topological polar surface area (TPSA) is 86.8 Å². The molecule has 0 aliphatic heterocycles. The molecule has 40 heavy (non-hydrogen) atoms. The Labute approximate surface area is 247 Å². The van der Waals surface area contributed by atoms with E-state index in [1.807, 2.05) is 58.9 Å². The number of aryl methyl sites for hydroxylation is 1. The fourth-order valence-corrected chi connectivity index (χ4v) is 6.13. The summed E-state index contributed by atoms with van der Waals surface area (Å²) in [6.45, 7) is 8.91. The normalized spacial score (nSPS) is 12.5. The molecule has 0 bridgehead atoms. The summed E-state index contributed by atoms with van der Waals surface area (Å²) in [5.74, 6) is -0.870. The van der Waals surface area contributed by atoms with Crippen molar-refractivity contribution >= 4 is 50.7 Å². The molecule has 1 unspecified atom stereocenters. The van der Waals surface area contributed by atoms with Crippen molar-refractivity contribution in [3.8, 4) is 0 Å². The third kappa shape index (κ3) is 8.22. The van der Waals surface area contributed by atoms with Crippen LogP contribution in [0.4, 0.5) is 5.69 Å². The minimum atomic E-state index is -4.21. The molecular formula is C30H35Cl2N3O4S. The van der Waals surface area contributed by atoms with Gasteiger partial charge in [0.1, 0.15) is 12.6 Å². The number of nitrogens with one attached hydrogen (secondary N) is 1. The number of hydrogen-bond acceptors (Lipinski definition) is 4. The number of benzene rings is 3. The van der Waals surface area contributed by atoms with Gasteiger partial charge in [0.15, 0.2) is 0 Å². The Kier molecular flexibility index (Phi) is 10.3. The summed E-state index contributed by atoms with van der Waals surface area (Å²) < 4.78 is 28.7. The third-order valence-electron chi connectivity index (χ3n) is 6.10. The minimum absolute atomic E-state index is 0.00139. The maximum atomic E-state index is 14.1. The number of carbonyl (C=O) groups is 2. The summed E-state index contributed by atoms with van der Waals surface area (Å²) in [4.78, 5) is 28.9. The molecule has 0 spiro atoms. The van der Waals surface area contributed by atoms with E-state index in [0.717, 1.165) is 15.4 Å². The summed E-state index contributed by atoms with van der Waals surface area (Å²) in [6.07, 6.45) is 0.327. The maximum Gasteiger partial charge on any atom is 0.264 e. The molecule has 10 heteroatoms. The molecule has 0 aromatic heterocycles. The molecule has 0 radical (unpaired) electrons. The van der Waals surface area contributed by atoms with Crippen molar-refractivity contribution in [2.75, 3.05) is 10.8 Å². The highest BCUT2D eigenvalue weighted by Crippen LogP contribution is 2.30. The molecule has 0 heterocycles. The number of halogens is 2. The van der Waals surface area contributed by atoms with Crippen LogP contribution in [0.1, 0.15) is 45.2 Å². The van der Waals surface area contributed by atoms with Crippen LogP contribution in [0.25, 0.3) is 0 Å². The van der Waals surface area contributed by atoms with Crippen LogP contribution in [0.2, 0.25) is 10.0 Å². The van der Waals surface area contributed by atoms with Crippen LogP contribution >= 0.6 is 23.2 Å². The molecule has 2 amide bonds. The lowest BCUT2D eigenvalue weighted by Gasteiger charge is -2.34. The predicted molar refractivity (Wildman–Crippen MR) is 161 cm³/mol. The molecule has 214 valence electrons. The minimum Gasteiger partial charge on any atom is -0.350 e. The van der Waals surface area contributed by atoms with E-state index in [1.165, 1.54) is 35.2 Å². The van der Waals surface area contributed by atoms with Crippen molar-refractivity contribution in [1.29, 1.82) is 0 Å². The van der Waals surface area contributed by atoms with E-state index in [4.69, 9.17) is 23.2 Å². The van der Waals surface area contributed by atoms with E-state index in [-0.39, 0.29) is 33.1 Å². The first-order valence-corrected chi connectivity index (χ1v) is 15.1. The standard InChI is InChI=1S/C30H35Cl2N3O4S/c1-6-27(29(37)33-30(3,4)5)34(19-22-14-12-21(2)13-15-22)28(36)20-35(25-17-23(31)16-24(32)18-25)40(38,39)26-10-8-7-9-11-26/h7-18,27H,6,19-20H2,1-5H3,(H,33,37). The quantitative estimate of drug-likeness (QED) is 0.298. The van der Waals surface area contributed by atoms with E-state index >= 15 is 0 Å². The second-order valence-electron chi connectivity index (χ2n) is 10.6. The zero-order chi connectivity index (χ0) is 29.7. The first-order chi connectivity index (χ1) is 18.7. The maximum absolute atomic E-state index is 14.1. The van der Waals surface area contributed by atoms with E-state index in [1.54, 1.807) is 18.2 Å². The smallest absolute Gasteiger partial charge is 0.264 e. The summed E-state index contributed by atoms with van der Waals surface area (Å²) in [6, 6.07) is 19.0. The molecule has 3 aromatic rings. The Morgan fingerprint density at radius 2 is 1.50 bits per heavy atom. The van der Waals surface area contributed by atoms with Crippen molar-refractivity contribution in [2.45, 2.75) is 64.1 Å². The summed E-state index contributed by atoms with van der Waals surface area (Å²) in [5, 5.41) is 3.39. The predicted octanol–water partition coefficient (Wildman–Crippen LogP) is 6.22. The van der Waals surface area contributed by atoms with Gasteiger partial charge in [-0.1, -0.05) is 78.2 Å². The monoisotopic (exact) mass is 603 g/mol. The molecule has 7 nitrogen and oxygen atoms in total. The molecule has 0 fully saturated rings. The molecule has 3 aromatic carbocycles. The van der Waals surface area contributed by atoms with Crippen LogP contribution in [0.15, 0.2) is 77.7 Å². The average molecular weight is 605 g/mol. The molecule has 1 atom stereocenters. The Hall–Kier alpha value is -3.07. The van der Waals surface area contributed by atoms with Crippen LogP contribution in [-0.4, -0.2) is 43.3 Å². The van der Waals surface area contributed by atoms with E-state index < -0.39 is 34.1 Å². The SMILES string of the molecule is CCC(C(=O)NC(C)(C)C)N(Cc1ccc(C)cc1)C(=O)CN(c1cc(Cl)cc(Cl)c1)S(=O)(=O)c1ccccc1. The van der Waals surface area contributed by atoms with Crippen molar-refractivity contribution in [3.05, 3.63) is 94.0 Å². The number of amides is 2. The third-order valence-corrected chi connectivity index (χ3v) is 8.33. The first-order valence-electron chi connectivity index (χ1n) is 12.9. The number of sulfonamides is 1. The second-order valence-corrected chi connectivity index (χ2v) is 13.4. The van der Waals surface area contributed by atoms with Gasteiger partial charge < -0.3 is 10.2 Å². The zero-order valence-electron chi connectivity index (χ0n) is 23.3. The van der Waals surface area contributed by atoms with Gasteiger partial charge in [0.2, 0.25) is 11.8 Å². The van der Waals surface area contributed by atoms with Crippen molar-refractivity contribution < 1.29 is 18.0 Å². The number of anilines is 1. The van der Waals surface area contributed by atoms with Gasteiger partial charge >= 0.3 is 0 Å². The summed E-state index contributed by atoms with van der Waals surface area (Å²) in [7, 11) is -4.21. The van der Waals surface area contributed by atoms with Crippen LogP contribution in [0.5, 0.6) is 0 Å². The van der Waals surface area contributed by atoms with Gasteiger partial charge in [0.05, 0.1) is 10.6 Å². The van der Waals surface area contributed by atoms with Gasteiger partial charge in [0.25, 0.3) is 10.0 Å². The molecule has 1 N–H and O–H groups in total. The lowest BCUT2D eigenvalue weighted by molar-refractivity contribution is -0.141. The van der Waals surface area contributed by atoms with Crippen LogP contribution in [0.3, 0.4) is 0 Å². The van der Waals surface area contributed by atoms with E-state index in [0.29, 0.717) is 6.42 Å². The van der Waals surface area contributed by atoms with Crippen LogP contribution in [0, 0.1) is 6.92 Å². The molecule has 0 aliphatic carbocycles. The van der Waals surface area contributed by atoms with Crippen LogP contribution < -0.4 is 9.62 Å². The van der Waals surface area contributed by atoms with Gasteiger partial charge in [-0.2, -0.15) is 0 Å². The van der Waals surface area contributed by atoms with Gasteiger partial charge in [-0.15, -0.1) is 0 Å². The average Bonchev–Trinajstić information content (AvgIpc) is 2.87. The number of nitrogens with zero attached hydrogens (tertiary/aromatic N) is 2. The Morgan fingerprint density at radius 1 is 0.925 bits per heavy atom. The summed E-state index contributed by atoms with van der Waals surface area (Å²) >= 11 is 12.5. The van der Waals surface area contributed by atoms with Gasteiger partial charge in [-0.3, -0.25) is 13.9 Å². The lowest BCUT2D eigenvalue weighted by Crippen LogP contribution is -2.55. The number of hydrogen-bond donors (Lipinski definition) is 1. The zero-order valence-corrected chi connectivity index (χ0v) is 25.6. The van der Waals surface area contributed by atoms with Crippen molar-refractivity contribution in [2.24, 2.45) is 0 Å². The van der Waals surface area contributed by atoms with E-state index in [2.05, 4.69) is 5.32 Å². The molecule has 3 rings (SSSR count).